The van der Waals surface area contributed by atoms with Gasteiger partial charge < -0.3 is 10.2 Å². The topological polar surface area (TPSA) is 67.2 Å². The van der Waals surface area contributed by atoms with E-state index in [1.165, 1.54) is 4.90 Å². The van der Waals surface area contributed by atoms with Crippen LogP contribution in [-0.2, 0) is 10.3 Å². The maximum Gasteiger partial charge on any atom is 0.270 e. The van der Waals surface area contributed by atoms with E-state index in [0.717, 1.165) is 0 Å². The Balaban J connectivity index is 2.04. The number of aromatic nitrogens is 2. The molecule has 8 heteroatoms. The van der Waals surface area contributed by atoms with Crippen molar-refractivity contribution in [2.24, 2.45) is 5.92 Å². The second-order valence-corrected chi connectivity index (χ2v) is 8.81. The zero-order valence-electron chi connectivity index (χ0n) is 15.6. The first-order chi connectivity index (χ1) is 11.4. The van der Waals surface area contributed by atoms with E-state index in [9.17, 15) is 14.0 Å². The van der Waals surface area contributed by atoms with Crippen LogP contribution in [0.15, 0.2) is 4.47 Å². The van der Waals surface area contributed by atoms with Crippen LogP contribution in [-0.4, -0.2) is 51.8 Å². The van der Waals surface area contributed by atoms with Gasteiger partial charge in [-0.15, -0.1) is 0 Å². The molecule has 0 aromatic carbocycles. The lowest BCUT2D eigenvalue weighted by atomic mass is 9.94. The van der Waals surface area contributed by atoms with Gasteiger partial charge in [0.2, 0.25) is 5.91 Å². The molecule has 140 valence electrons. The van der Waals surface area contributed by atoms with Crippen LogP contribution in [0.2, 0.25) is 0 Å². The Bertz CT molecular complexity index is 688. The summed E-state index contributed by atoms with van der Waals surface area (Å²) in [6, 6.07) is 0. The number of rotatable bonds is 4. The molecule has 0 aliphatic carbocycles. The van der Waals surface area contributed by atoms with E-state index in [-0.39, 0.29) is 42.9 Å². The molecule has 2 rings (SSSR count). The van der Waals surface area contributed by atoms with Crippen LogP contribution in [0.1, 0.15) is 50.8 Å². The van der Waals surface area contributed by atoms with Gasteiger partial charge in [-0.1, -0.05) is 13.8 Å². The summed E-state index contributed by atoms with van der Waals surface area (Å²) in [4.78, 5) is 25.9. The Kier molecular flexibility index (Phi) is 5.33. The highest BCUT2D eigenvalue weighted by Crippen LogP contribution is 2.28. The first-order valence-corrected chi connectivity index (χ1v) is 9.16. The molecule has 0 spiro atoms. The van der Waals surface area contributed by atoms with Gasteiger partial charge in [0, 0.05) is 5.92 Å². The van der Waals surface area contributed by atoms with Gasteiger partial charge >= 0.3 is 0 Å². The third kappa shape index (κ3) is 4.04. The van der Waals surface area contributed by atoms with E-state index >= 15 is 0 Å². The van der Waals surface area contributed by atoms with Crippen LogP contribution in [0.3, 0.4) is 0 Å². The van der Waals surface area contributed by atoms with Crippen molar-refractivity contribution in [3.63, 3.8) is 0 Å². The molecule has 0 bridgehead atoms. The number of halogens is 2. The fraction of sp³-hybridized carbons (Fsp3) is 0.706. The summed E-state index contributed by atoms with van der Waals surface area (Å²) in [5.74, 6) is -0.601. The zero-order chi connectivity index (χ0) is 19.2. The Hall–Kier alpha value is -1.44. The molecule has 2 amide bonds. The molecule has 1 saturated heterocycles. The number of hydrogen-bond acceptors (Lipinski definition) is 3. The smallest absolute Gasteiger partial charge is 0.270 e. The molecular weight excluding hydrogens is 391 g/mol. The summed E-state index contributed by atoms with van der Waals surface area (Å²) in [6.07, 6.45) is 0. The van der Waals surface area contributed by atoms with Crippen LogP contribution in [0, 0.1) is 12.8 Å². The van der Waals surface area contributed by atoms with Crippen LogP contribution in [0.4, 0.5) is 4.39 Å². The van der Waals surface area contributed by atoms with Gasteiger partial charge in [0.1, 0.15) is 5.69 Å². The van der Waals surface area contributed by atoms with E-state index in [0.29, 0.717) is 15.9 Å². The van der Waals surface area contributed by atoms with Crippen LogP contribution < -0.4 is 5.32 Å². The average molecular weight is 417 g/mol. The molecule has 0 radical (unpaired) electrons. The Morgan fingerprint density at radius 2 is 1.92 bits per heavy atom. The van der Waals surface area contributed by atoms with E-state index in [1.807, 2.05) is 20.8 Å². The first-order valence-electron chi connectivity index (χ1n) is 8.37. The summed E-state index contributed by atoms with van der Waals surface area (Å²) in [6.45, 7) is 11.1. The number of alkyl halides is 1. The molecule has 1 aromatic rings. The minimum atomic E-state index is -1.58. The third-order valence-corrected chi connectivity index (χ3v) is 5.11. The standard InChI is InChI=1S/C17H26BrFN4O2/c1-10(2)15(25)22-8-17(19,9-22)7-20-14(24)13-12(18)11(3)21-23(13)16(4,5)6/h10H,7-9H2,1-6H3,(H,20,24). The van der Waals surface area contributed by atoms with E-state index in [2.05, 4.69) is 26.3 Å². The van der Waals surface area contributed by atoms with Crippen molar-refractivity contribution < 1.29 is 14.0 Å². The average Bonchev–Trinajstić information content (AvgIpc) is 2.77. The Labute approximate surface area is 156 Å². The molecule has 1 fully saturated rings. The minimum absolute atomic E-state index is 0.0169. The molecule has 0 saturated carbocycles. The number of nitrogens with zero attached hydrogens (tertiary/aromatic N) is 3. The van der Waals surface area contributed by atoms with E-state index in [1.54, 1.807) is 25.5 Å². The molecule has 0 atom stereocenters. The van der Waals surface area contributed by atoms with Gasteiger partial charge in [0.25, 0.3) is 5.91 Å². The fourth-order valence-corrected chi connectivity index (χ4v) is 3.21. The molecule has 1 N–H and O–H groups in total. The highest BCUT2D eigenvalue weighted by atomic mass is 79.9. The summed E-state index contributed by atoms with van der Waals surface area (Å²) >= 11 is 3.40. The van der Waals surface area contributed by atoms with E-state index in [4.69, 9.17) is 0 Å². The lowest BCUT2D eigenvalue weighted by Gasteiger charge is -2.45. The number of carbonyl (C=O) groups excluding carboxylic acids is 2. The van der Waals surface area contributed by atoms with Gasteiger partial charge in [-0.05, 0) is 43.6 Å². The van der Waals surface area contributed by atoms with Gasteiger partial charge in [0.15, 0.2) is 5.67 Å². The largest absolute Gasteiger partial charge is 0.347 e. The number of hydrogen-bond donors (Lipinski definition) is 1. The first kappa shape index (κ1) is 19.9. The van der Waals surface area contributed by atoms with Crippen molar-refractivity contribution in [2.75, 3.05) is 19.6 Å². The van der Waals surface area contributed by atoms with Gasteiger partial charge in [-0.2, -0.15) is 5.10 Å². The normalized spacial score (nSPS) is 16.8. The fourth-order valence-electron chi connectivity index (χ4n) is 2.78. The van der Waals surface area contributed by atoms with Gasteiger partial charge in [-0.25, -0.2) is 4.39 Å². The van der Waals surface area contributed by atoms with Crippen molar-refractivity contribution in [1.82, 2.24) is 20.0 Å². The Morgan fingerprint density at radius 1 is 1.36 bits per heavy atom. The maximum atomic E-state index is 14.7. The number of aryl methyl sites for hydroxylation is 1. The van der Waals surface area contributed by atoms with Gasteiger partial charge in [-0.3, -0.25) is 14.3 Å². The molecular formula is C17H26BrFN4O2. The quantitative estimate of drug-likeness (QED) is 0.819. The number of likely N-dealkylation sites (tertiary alicyclic amines) is 1. The Morgan fingerprint density at radius 3 is 2.40 bits per heavy atom. The zero-order valence-corrected chi connectivity index (χ0v) is 17.2. The lowest BCUT2D eigenvalue weighted by Crippen LogP contribution is -2.65. The molecule has 1 aliphatic heterocycles. The van der Waals surface area contributed by atoms with E-state index < -0.39 is 5.67 Å². The second-order valence-electron chi connectivity index (χ2n) is 8.01. The molecule has 0 unspecified atom stereocenters. The summed E-state index contributed by atoms with van der Waals surface area (Å²) in [5, 5.41) is 7.05. The number of nitrogens with one attached hydrogen (secondary N) is 1. The van der Waals surface area contributed by atoms with Crippen LogP contribution in [0.5, 0.6) is 0 Å². The predicted octanol–water partition coefficient (Wildman–Crippen LogP) is 2.65. The van der Waals surface area contributed by atoms with Crippen LogP contribution >= 0.6 is 15.9 Å². The number of carbonyl (C=O) groups is 2. The van der Waals surface area contributed by atoms with Crippen LogP contribution in [0.25, 0.3) is 0 Å². The SMILES string of the molecule is Cc1nn(C(C)(C)C)c(C(=O)NCC2(F)CN(C(=O)C(C)C)C2)c1Br. The second kappa shape index (κ2) is 6.70. The third-order valence-electron chi connectivity index (χ3n) is 4.16. The molecule has 1 aromatic heterocycles. The maximum absolute atomic E-state index is 14.7. The van der Waals surface area contributed by atoms with Crippen molar-refractivity contribution in [1.29, 1.82) is 0 Å². The van der Waals surface area contributed by atoms with Gasteiger partial charge in [0.05, 0.1) is 35.3 Å². The highest BCUT2D eigenvalue weighted by molar-refractivity contribution is 9.10. The molecule has 2 heterocycles. The van der Waals surface area contributed by atoms with Crippen molar-refractivity contribution in [2.45, 2.75) is 52.8 Å². The minimum Gasteiger partial charge on any atom is -0.347 e. The summed E-state index contributed by atoms with van der Waals surface area (Å²) in [5.41, 5.74) is -0.877. The van der Waals surface area contributed by atoms with Crippen molar-refractivity contribution >= 4 is 27.7 Å². The summed E-state index contributed by atoms with van der Waals surface area (Å²) < 4.78 is 16.9. The lowest BCUT2D eigenvalue weighted by molar-refractivity contribution is -0.148. The highest BCUT2D eigenvalue weighted by Gasteiger charge is 2.46. The summed E-state index contributed by atoms with van der Waals surface area (Å²) in [7, 11) is 0. The molecule has 6 nitrogen and oxygen atoms in total. The monoisotopic (exact) mass is 416 g/mol. The number of amides is 2. The molecule has 25 heavy (non-hydrogen) atoms. The predicted molar refractivity (Wildman–Crippen MR) is 97.3 cm³/mol. The van der Waals surface area contributed by atoms with Crippen molar-refractivity contribution in [3.8, 4) is 0 Å². The van der Waals surface area contributed by atoms with Crippen molar-refractivity contribution in [3.05, 3.63) is 15.9 Å². The molecule has 1 aliphatic rings.